The maximum atomic E-state index is 14.1. The number of hydrogen-bond acceptors (Lipinski definition) is 3. The molecule has 3 rings (SSSR count). The van der Waals surface area contributed by atoms with Crippen LogP contribution in [-0.4, -0.2) is 41.2 Å². The number of nitrogens with two attached hydrogens (primary N) is 1. The van der Waals surface area contributed by atoms with E-state index in [4.69, 9.17) is 10.9 Å². The fourth-order valence-corrected chi connectivity index (χ4v) is 2.31. The largest absolute Gasteiger partial charge is 0.409 e. The van der Waals surface area contributed by atoms with Gasteiger partial charge in [0, 0.05) is 19.6 Å². The molecule has 13 heavy (non-hydrogen) atoms. The van der Waals surface area contributed by atoms with Crippen LogP contribution in [0.1, 0.15) is 12.8 Å². The first-order valence-corrected chi connectivity index (χ1v) is 4.54. The average Bonchev–Trinajstić information content (AvgIpc) is 2.17. The highest BCUT2D eigenvalue weighted by atomic mass is 19.1. The number of alkyl halides is 1. The highest BCUT2D eigenvalue weighted by Gasteiger charge is 2.49. The zero-order valence-corrected chi connectivity index (χ0v) is 7.41. The van der Waals surface area contributed by atoms with Crippen molar-refractivity contribution in [3.63, 3.8) is 0 Å². The smallest absolute Gasteiger partial charge is 0.146 e. The fourth-order valence-electron chi connectivity index (χ4n) is 2.31. The van der Waals surface area contributed by atoms with E-state index in [1.54, 1.807) is 0 Å². The third-order valence-electron chi connectivity index (χ3n) is 3.23. The van der Waals surface area contributed by atoms with E-state index in [1.165, 1.54) is 0 Å². The lowest BCUT2D eigenvalue weighted by Gasteiger charge is -2.48. The molecule has 74 valence electrons. The molecule has 4 nitrogen and oxygen atoms in total. The van der Waals surface area contributed by atoms with Crippen molar-refractivity contribution < 1.29 is 9.60 Å². The van der Waals surface area contributed by atoms with E-state index in [2.05, 4.69) is 10.1 Å². The van der Waals surface area contributed by atoms with Gasteiger partial charge >= 0.3 is 0 Å². The number of halogens is 1. The van der Waals surface area contributed by atoms with Crippen LogP contribution in [0.5, 0.6) is 0 Å². The SMILES string of the molecule is N/C(=N\O)C1CN2CCC1(F)CC2. The summed E-state index contributed by atoms with van der Waals surface area (Å²) in [5.74, 6) is -0.383. The summed E-state index contributed by atoms with van der Waals surface area (Å²) in [5, 5.41) is 11.4. The van der Waals surface area contributed by atoms with Gasteiger partial charge in [-0.1, -0.05) is 5.16 Å². The minimum Gasteiger partial charge on any atom is -0.409 e. The Kier molecular flexibility index (Phi) is 1.91. The minimum atomic E-state index is -1.23. The second-order valence-electron chi connectivity index (χ2n) is 3.91. The van der Waals surface area contributed by atoms with E-state index in [9.17, 15) is 4.39 Å². The van der Waals surface area contributed by atoms with Crippen LogP contribution in [0.15, 0.2) is 5.16 Å². The van der Waals surface area contributed by atoms with Gasteiger partial charge in [-0.2, -0.15) is 0 Å². The van der Waals surface area contributed by atoms with Gasteiger partial charge in [0.2, 0.25) is 0 Å². The molecule has 0 aromatic carbocycles. The number of fused-ring (bicyclic) bond motifs is 3. The third-order valence-corrected chi connectivity index (χ3v) is 3.23. The Morgan fingerprint density at radius 3 is 2.62 bits per heavy atom. The Bertz CT molecular complexity index is 236. The molecule has 3 aliphatic heterocycles. The molecule has 2 bridgehead atoms. The van der Waals surface area contributed by atoms with Crippen LogP contribution < -0.4 is 5.73 Å². The van der Waals surface area contributed by atoms with E-state index in [1.807, 2.05) is 0 Å². The lowest BCUT2D eigenvalue weighted by Crippen LogP contribution is -2.60. The first kappa shape index (κ1) is 8.74. The number of oxime groups is 1. The van der Waals surface area contributed by atoms with Crippen LogP contribution in [0, 0.1) is 5.92 Å². The molecule has 0 aromatic rings. The first-order chi connectivity index (χ1) is 6.15. The molecule has 0 saturated carbocycles. The molecule has 3 heterocycles. The van der Waals surface area contributed by atoms with Gasteiger partial charge in [0.1, 0.15) is 11.5 Å². The monoisotopic (exact) mass is 187 g/mol. The third kappa shape index (κ3) is 1.27. The van der Waals surface area contributed by atoms with E-state index < -0.39 is 11.6 Å². The van der Waals surface area contributed by atoms with Gasteiger partial charge in [-0.3, -0.25) is 0 Å². The molecule has 3 saturated heterocycles. The van der Waals surface area contributed by atoms with Crippen molar-refractivity contribution >= 4 is 5.84 Å². The van der Waals surface area contributed by atoms with E-state index in [0.717, 1.165) is 13.1 Å². The zero-order valence-electron chi connectivity index (χ0n) is 7.41. The zero-order chi connectivity index (χ0) is 9.47. The summed E-state index contributed by atoms with van der Waals surface area (Å²) in [5.41, 5.74) is 4.22. The molecule has 0 radical (unpaired) electrons. The fraction of sp³-hybridized carbons (Fsp3) is 0.875. The quantitative estimate of drug-likeness (QED) is 0.266. The second kappa shape index (κ2) is 2.83. The topological polar surface area (TPSA) is 61.9 Å². The normalized spacial score (nSPS) is 45.2. The average molecular weight is 187 g/mol. The number of piperidine rings is 3. The maximum absolute atomic E-state index is 14.1. The number of hydrogen-bond donors (Lipinski definition) is 2. The van der Waals surface area contributed by atoms with Crippen LogP contribution in [0.25, 0.3) is 0 Å². The van der Waals surface area contributed by atoms with Crippen molar-refractivity contribution in [2.45, 2.75) is 18.5 Å². The van der Waals surface area contributed by atoms with Crippen LogP contribution in [0.2, 0.25) is 0 Å². The first-order valence-electron chi connectivity index (χ1n) is 4.54. The van der Waals surface area contributed by atoms with Gasteiger partial charge in [-0.15, -0.1) is 0 Å². The Morgan fingerprint density at radius 1 is 1.54 bits per heavy atom. The van der Waals surface area contributed by atoms with E-state index in [0.29, 0.717) is 19.4 Å². The van der Waals surface area contributed by atoms with Gasteiger partial charge in [0.15, 0.2) is 0 Å². The summed E-state index contributed by atoms with van der Waals surface area (Å²) < 4.78 is 14.1. The number of amidine groups is 1. The predicted octanol–water partition coefficient (Wildman–Crippen LogP) is 0.167. The summed E-state index contributed by atoms with van der Waals surface area (Å²) in [4.78, 5) is 2.16. The molecular formula is C8H14FN3O. The molecule has 3 N–H and O–H groups in total. The van der Waals surface area contributed by atoms with Crippen molar-refractivity contribution in [1.29, 1.82) is 0 Å². The van der Waals surface area contributed by atoms with Crippen molar-refractivity contribution in [2.24, 2.45) is 16.8 Å². The molecule has 1 atom stereocenters. The molecule has 1 unspecified atom stereocenters. The summed E-state index contributed by atoms with van der Waals surface area (Å²) in [7, 11) is 0. The highest BCUT2D eigenvalue weighted by molar-refractivity contribution is 5.84. The van der Waals surface area contributed by atoms with Crippen LogP contribution in [0.3, 0.4) is 0 Å². The molecule has 3 aliphatic rings. The van der Waals surface area contributed by atoms with Gasteiger partial charge in [-0.25, -0.2) is 4.39 Å². The van der Waals surface area contributed by atoms with E-state index >= 15 is 0 Å². The molecule has 0 aromatic heterocycles. The second-order valence-corrected chi connectivity index (χ2v) is 3.91. The predicted molar refractivity (Wildman–Crippen MR) is 46.4 cm³/mol. The van der Waals surface area contributed by atoms with Crippen molar-refractivity contribution in [3.8, 4) is 0 Å². The minimum absolute atomic E-state index is 0.0342. The van der Waals surface area contributed by atoms with Crippen molar-refractivity contribution in [2.75, 3.05) is 19.6 Å². The summed E-state index contributed by atoms with van der Waals surface area (Å²) in [6.07, 6.45) is 1.02. The number of rotatable bonds is 1. The van der Waals surface area contributed by atoms with Gasteiger partial charge in [0.25, 0.3) is 0 Å². The van der Waals surface area contributed by atoms with Crippen LogP contribution >= 0.6 is 0 Å². The van der Waals surface area contributed by atoms with Crippen LogP contribution in [-0.2, 0) is 0 Å². The Balaban J connectivity index is 2.21. The van der Waals surface area contributed by atoms with Gasteiger partial charge < -0.3 is 15.8 Å². The molecule has 0 amide bonds. The molecule has 0 spiro atoms. The maximum Gasteiger partial charge on any atom is 0.146 e. The number of nitrogens with zero attached hydrogens (tertiary/aromatic N) is 2. The molecule has 3 fully saturated rings. The van der Waals surface area contributed by atoms with Crippen molar-refractivity contribution in [1.82, 2.24) is 4.90 Å². The molecule has 5 heteroatoms. The van der Waals surface area contributed by atoms with Gasteiger partial charge in [0.05, 0.1) is 5.92 Å². The van der Waals surface area contributed by atoms with Crippen molar-refractivity contribution in [3.05, 3.63) is 0 Å². The Morgan fingerprint density at radius 2 is 2.15 bits per heavy atom. The lowest BCUT2D eigenvalue weighted by atomic mass is 9.75. The molecular weight excluding hydrogens is 173 g/mol. The Hall–Kier alpha value is -0.840. The molecule has 0 aliphatic carbocycles. The standard InChI is InChI=1S/C8H14FN3O/c9-8-1-3-12(4-2-8)5-6(8)7(10)11-13/h6,13H,1-5H2,(H2,10,11). The summed E-state index contributed by atoms with van der Waals surface area (Å²) in [6, 6.07) is 0. The van der Waals surface area contributed by atoms with Crippen LogP contribution in [0.4, 0.5) is 4.39 Å². The van der Waals surface area contributed by atoms with E-state index in [-0.39, 0.29) is 5.84 Å². The highest BCUT2D eigenvalue weighted by Crippen LogP contribution is 2.39. The lowest BCUT2D eigenvalue weighted by molar-refractivity contribution is -0.0345. The van der Waals surface area contributed by atoms with Gasteiger partial charge in [-0.05, 0) is 12.8 Å². The Labute approximate surface area is 76.2 Å². The summed E-state index contributed by atoms with van der Waals surface area (Å²) >= 11 is 0. The summed E-state index contributed by atoms with van der Waals surface area (Å²) in [6.45, 7) is 2.18.